The van der Waals surface area contributed by atoms with Crippen molar-refractivity contribution in [3.63, 3.8) is 0 Å². The number of hydrogen-bond acceptors (Lipinski definition) is 5. The fraction of sp³-hybridized carbons (Fsp3) is 0.500. The number of carbonyl (C=O) groups is 1. The fourth-order valence-corrected chi connectivity index (χ4v) is 4.46. The van der Waals surface area contributed by atoms with E-state index in [1.54, 1.807) is 11.3 Å². The number of carbonyl (C=O) groups excluding carboxylic acids is 1. The van der Waals surface area contributed by atoms with Gasteiger partial charge >= 0.3 is 0 Å². The lowest BCUT2D eigenvalue weighted by Gasteiger charge is -2.30. The van der Waals surface area contributed by atoms with Crippen molar-refractivity contribution in [2.45, 2.75) is 45.9 Å². The van der Waals surface area contributed by atoms with Gasteiger partial charge in [0.1, 0.15) is 0 Å². The number of aryl methyl sites for hydroxylation is 1. The van der Waals surface area contributed by atoms with E-state index in [0.29, 0.717) is 6.54 Å². The predicted octanol–water partition coefficient (Wildman–Crippen LogP) is 2.58. The number of nitrogens with one attached hydrogen (secondary N) is 2. The first-order valence-corrected chi connectivity index (χ1v) is 10.3. The van der Waals surface area contributed by atoms with Crippen LogP contribution in [0.15, 0.2) is 23.6 Å². The Morgan fingerprint density at radius 1 is 1.31 bits per heavy atom. The van der Waals surface area contributed by atoms with Gasteiger partial charge in [0.15, 0.2) is 0 Å². The number of piperidine rings is 1. The molecule has 2 aliphatic heterocycles. The van der Waals surface area contributed by atoms with Crippen LogP contribution in [0.4, 0.5) is 0 Å². The van der Waals surface area contributed by atoms with Crippen molar-refractivity contribution in [2.24, 2.45) is 5.92 Å². The number of hydrogen-bond donors (Lipinski definition) is 2. The highest BCUT2D eigenvalue weighted by Crippen LogP contribution is 2.21. The van der Waals surface area contributed by atoms with Crippen molar-refractivity contribution in [1.82, 2.24) is 20.5 Å². The molecule has 6 heteroatoms. The highest BCUT2D eigenvalue weighted by atomic mass is 32.1. The third-order valence-electron chi connectivity index (χ3n) is 5.38. The minimum absolute atomic E-state index is 0.138. The van der Waals surface area contributed by atoms with Crippen LogP contribution in [0.3, 0.4) is 0 Å². The molecule has 0 bridgehead atoms. The molecule has 0 radical (unpaired) electrons. The maximum absolute atomic E-state index is 12.5. The molecule has 2 aromatic rings. The minimum Gasteiger partial charge on any atom is -0.352 e. The zero-order valence-corrected chi connectivity index (χ0v) is 16.1. The van der Waals surface area contributed by atoms with Crippen molar-refractivity contribution in [2.75, 3.05) is 13.1 Å². The van der Waals surface area contributed by atoms with Crippen LogP contribution in [-0.4, -0.2) is 28.9 Å². The number of aromatic nitrogens is 1. The van der Waals surface area contributed by atoms with E-state index in [1.807, 2.05) is 6.92 Å². The molecule has 3 heterocycles. The predicted molar refractivity (Wildman–Crippen MR) is 104 cm³/mol. The van der Waals surface area contributed by atoms with E-state index in [0.717, 1.165) is 56.3 Å². The summed E-state index contributed by atoms with van der Waals surface area (Å²) in [5, 5.41) is 9.76. The molecule has 0 aliphatic carbocycles. The SMILES string of the molecule is Cc1nc(CN2CCC(C(=O)NCc3ccc4c(c3)CNC4)CC2)cs1. The first-order chi connectivity index (χ1) is 12.7. The Morgan fingerprint density at radius 2 is 2.12 bits per heavy atom. The lowest BCUT2D eigenvalue weighted by Crippen LogP contribution is -2.40. The molecule has 1 amide bonds. The molecule has 1 aromatic heterocycles. The molecular weight excluding hydrogens is 344 g/mol. The Morgan fingerprint density at radius 3 is 2.88 bits per heavy atom. The third kappa shape index (κ3) is 4.14. The first kappa shape index (κ1) is 17.6. The summed E-state index contributed by atoms with van der Waals surface area (Å²) in [7, 11) is 0. The Kier molecular flexibility index (Phi) is 5.33. The molecule has 2 N–H and O–H groups in total. The lowest BCUT2D eigenvalue weighted by atomic mass is 9.95. The van der Waals surface area contributed by atoms with Crippen molar-refractivity contribution in [3.8, 4) is 0 Å². The Bertz CT molecular complexity index is 780. The average molecular weight is 371 g/mol. The van der Waals surface area contributed by atoms with Gasteiger partial charge in [0.2, 0.25) is 5.91 Å². The number of rotatable bonds is 5. The molecule has 0 unspecified atom stereocenters. The fourth-order valence-electron chi connectivity index (χ4n) is 3.85. The summed E-state index contributed by atoms with van der Waals surface area (Å²) >= 11 is 1.70. The van der Waals surface area contributed by atoms with Crippen molar-refractivity contribution < 1.29 is 4.79 Å². The minimum atomic E-state index is 0.138. The van der Waals surface area contributed by atoms with Crippen LogP contribution in [0.5, 0.6) is 0 Å². The Hall–Kier alpha value is -1.76. The summed E-state index contributed by atoms with van der Waals surface area (Å²) < 4.78 is 0. The van der Waals surface area contributed by atoms with Crippen LogP contribution < -0.4 is 10.6 Å². The molecule has 1 fully saturated rings. The topological polar surface area (TPSA) is 57.3 Å². The van der Waals surface area contributed by atoms with Gasteiger partial charge in [-0.25, -0.2) is 4.98 Å². The van der Waals surface area contributed by atoms with Gasteiger partial charge in [-0.05, 0) is 49.5 Å². The second kappa shape index (κ2) is 7.86. The van der Waals surface area contributed by atoms with Gasteiger partial charge < -0.3 is 10.6 Å². The second-order valence-corrected chi connectivity index (χ2v) is 8.39. The van der Waals surface area contributed by atoms with Gasteiger partial charge in [-0.15, -0.1) is 11.3 Å². The van der Waals surface area contributed by atoms with Crippen LogP contribution in [-0.2, 0) is 31.0 Å². The van der Waals surface area contributed by atoms with Gasteiger partial charge in [0, 0.05) is 37.5 Å². The van der Waals surface area contributed by atoms with E-state index in [2.05, 4.69) is 44.1 Å². The van der Waals surface area contributed by atoms with E-state index in [4.69, 9.17) is 0 Å². The van der Waals surface area contributed by atoms with Gasteiger partial charge in [0.05, 0.1) is 10.7 Å². The summed E-state index contributed by atoms with van der Waals surface area (Å²) in [6, 6.07) is 6.52. The molecule has 1 saturated heterocycles. The molecule has 0 atom stereocenters. The summed E-state index contributed by atoms with van der Waals surface area (Å²) in [4.78, 5) is 19.5. The molecule has 0 spiro atoms. The van der Waals surface area contributed by atoms with E-state index in [-0.39, 0.29) is 11.8 Å². The number of thiazole rings is 1. The van der Waals surface area contributed by atoms with Crippen molar-refractivity contribution in [3.05, 3.63) is 51.0 Å². The zero-order chi connectivity index (χ0) is 17.9. The molecular formula is C20H26N4OS. The van der Waals surface area contributed by atoms with Crippen LogP contribution >= 0.6 is 11.3 Å². The van der Waals surface area contributed by atoms with E-state index < -0.39 is 0 Å². The van der Waals surface area contributed by atoms with Gasteiger partial charge in [-0.2, -0.15) is 0 Å². The molecule has 5 nitrogen and oxygen atoms in total. The third-order valence-corrected chi connectivity index (χ3v) is 6.20. The standard InChI is InChI=1S/C20H26N4OS/c1-14-23-19(13-26-14)12-24-6-4-16(5-7-24)20(25)22-9-15-2-3-17-10-21-11-18(17)8-15/h2-3,8,13,16,21H,4-7,9-12H2,1H3,(H,22,25). The summed E-state index contributed by atoms with van der Waals surface area (Å²) in [5.74, 6) is 0.340. The van der Waals surface area contributed by atoms with Crippen molar-refractivity contribution in [1.29, 1.82) is 0 Å². The smallest absolute Gasteiger partial charge is 0.223 e. The maximum atomic E-state index is 12.5. The van der Waals surface area contributed by atoms with Gasteiger partial charge in [-0.3, -0.25) is 9.69 Å². The van der Waals surface area contributed by atoms with E-state index >= 15 is 0 Å². The molecule has 4 rings (SSSR count). The summed E-state index contributed by atoms with van der Waals surface area (Å²) in [6.45, 7) is 7.42. The van der Waals surface area contributed by atoms with E-state index in [9.17, 15) is 4.79 Å². The summed E-state index contributed by atoms with van der Waals surface area (Å²) in [5.41, 5.74) is 5.09. The van der Waals surface area contributed by atoms with Crippen LogP contribution in [0.1, 0.15) is 40.2 Å². The quantitative estimate of drug-likeness (QED) is 0.849. The van der Waals surface area contributed by atoms with Gasteiger partial charge in [0.25, 0.3) is 0 Å². The number of benzene rings is 1. The van der Waals surface area contributed by atoms with E-state index in [1.165, 1.54) is 16.7 Å². The van der Waals surface area contributed by atoms with Crippen LogP contribution in [0, 0.1) is 12.8 Å². The Labute approximate surface area is 158 Å². The monoisotopic (exact) mass is 370 g/mol. The average Bonchev–Trinajstić information content (AvgIpc) is 3.28. The van der Waals surface area contributed by atoms with Crippen LogP contribution in [0.25, 0.3) is 0 Å². The molecule has 0 saturated carbocycles. The number of amides is 1. The normalized spacial score (nSPS) is 18.0. The summed E-state index contributed by atoms with van der Waals surface area (Å²) in [6.07, 6.45) is 1.87. The number of fused-ring (bicyclic) bond motifs is 1. The molecule has 1 aromatic carbocycles. The van der Waals surface area contributed by atoms with Gasteiger partial charge in [-0.1, -0.05) is 18.2 Å². The second-order valence-electron chi connectivity index (χ2n) is 7.33. The highest BCUT2D eigenvalue weighted by Gasteiger charge is 2.25. The molecule has 2 aliphatic rings. The Balaban J connectivity index is 1.23. The largest absolute Gasteiger partial charge is 0.352 e. The van der Waals surface area contributed by atoms with Crippen LogP contribution in [0.2, 0.25) is 0 Å². The number of likely N-dealkylation sites (tertiary alicyclic amines) is 1. The zero-order valence-electron chi connectivity index (χ0n) is 15.3. The highest BCUT2D eigenvalue weighted by molar-refractivity contribution is 7.09. The molecule has 138 valence electrons. The first-order valence-electron chi connectivity index (χ1n) is 9.40. The maximum Gasteiger partial charge on any atom is 0.223 e. The lowest BCUT2D eigenvalue weighted by molar-refractivity contribution is -0.126. The molecule has 26 heavy (non-hydrogen) atoms. The van der Waals surface area contributed by atoms with Crippen molar-refractivity contribution >= 4 is 17.2 Å². The number of nitrogens with zero attached hydrogens (tertiary/aromatic N) is 2.